The SMILES string of the molecule is CC(=O)c1cccc(Cl)c1-c1cccc(C(F)(F)F)c1. The molecule has 0 spiro atoms. The molecule has 0 heterocycles. The van der Waals surface area contributed by atoms with Crippen LogP contribution in [0.3, 0.4) is 0 Å². The Morgan fingerprint density at radius 3 is 2.35 bits per heavy atom. The van der Waals surface area contributed by atoms with Gasteiger partial charge in [-0.25, -0.2) is 0 Å². The average Bonchev–Trinajstić information content (AvgIpc) is 2.37. The van der Waals surface area contributed by atoms with Gasteiger partial charge in [0, 0.05) is 16.1 Å². The second-order valence-electron chi connectivity index (χ2n) is 4.30. The van der Waals surface area contributed by atoms with Gasteiger partial charge in [-0.15, -0.1) is 0 Å². The molecule has 2 aromatic rings. The van der Waals surface area contributed by atoms with Gasteiger partial charge in [0.15, 0.2) is 5.78 Å². The van der Waals surface area contributed by atoms with Crippen molar-refractivity contribution in [2.24, 2.45) is 0 Å². The van der Waals surface area contributed by atoms with Crippen molar-refractivity contribution < 1.29 is 18.0 Å². The topological polar surface area (TPSA) is 17.1 Å². The predicted octanol–water partition coefficient (Wildman–Crippen LogP) is 5.23. The fourth-order valence-corrected chi connectivity index (χ4v) is 2.25. The van der Waals surface area contributed by atoms with Crippen LogP contribution < -0.4 is 0 Å². The maximum Gasteiger partial charge on any atom is 0.416 e. The molecule has 0 aliphatic heterocycles. The number of alkyl halides is 3. The van der Waals surface area contributed by atoms with E-state index in [4.69, 9.17) is 11.6 Å². The molecule has 0 saturated carbocycles. The summed E-state index contributed by atoms with van der Waals surface area (Å²) in [6, 6.07) is 9.46. The second-order valence-corrected chi connectivity index (χ2v) is 4.70. The Kier molecular flexibility index (Phi) is 3.86. The van der Waals surface area contributed by atoms with Crippen LogP contribution in [0.25, 0.3) is 11.1 Å². The van der Waals surface area contributed by atoms with Crippen molar-refractivity contribution in [3.63, 3.8) is 0 Å². The first-order valence-electron chi connectivity index (χ1n) is 5.78. The van der Waals surface area contributed by atoms with E-state index in [-0.39, 0.29) is 16.4 Å². The van der Waals surface area contributed by atoms with Crippen LogP contribution >= 0.6 is 11.6 Å². The molecule has 0 saturated heterocycles. The highest BCUT2D eigenvalue weighted by Crippen LogP contribution is 2.36. The third kappa shape index (κ3) is 2.85. The summed E-state index contributed by atoms with van der Waals surface area (Å²) in [5, 5.41) is 0.247. The van der Waals surface area contributed by atoms with Crippen molar-refractivity contribution in [2.75, 3.05) is 0 Å². The summed E-state index contributed by atoms with van der Waals surface area (Å²) in [5.74, 6) is -0.250. The summed E-state index contributed by atoms with van der Waals surface area (Å²) in [6.07, 6.45) is -4.44. The maximum atomic E-state index is 12.7. The lowest BCUT2D eigenvalue weighted by atomic mass is 9.96. The van der Waals surface area contributed by atoms with E-state index in [0.717, 1.165) is 12.1 Å². The Hall–Kier alpha value is -1.81. The zero-order valence-electron chi connectivity index (χ0n) is 10.5. The Bertz CT molecular complexity index is 662. The summed E-state index contributed by atoms with van der Waals surface area (Å²) in [4.78, 5) is 11.6. The molecule has 0 aliphatic carbocycles. The van der Waals surface area contributed by atoms with E-state index < -0.39 is 11.7 Å². The number of hydrogen-bond donors (Lipinski definition) is 0. The highest BCUT2D eigenvalue weighted by molar-refractivity contribution is 6.34. The molecule has 0 aromatic heterocycles. The maximum absolute atomic E-state index is 12.7. The van der Waals surface area contributed by atoms with E-state index in [1.807, 2.05) is 0 Å². The molecule has 104 valence electrons. The standard InChI is InChI=1S/C15H10ClF3O/c1-9(20)12-6-3-7-13(16)14(12)10-4-2-5-11(8-10)15(17,18)19/h2-8H,1H3. The quantitative estimate of drug-likeness (QED) is 0.694. The largest absolute Gasteiger partial charge is 0.416 e. The van der Waals surface area contributed by atoms with Gasteiger partial charge in [-0.05, 0) is 30.7 Å². The van der Waals surface area contributed by atoms with Gasteiger partial charge < -0.3 is 0 Å². The number of Topliss-reactive ketones (excluding diaryl/α,β-unsaturated/α-hetero) is 1. The highest BCUT2D eigenvalue weighted by atomic mass is 35.5. The second kappa shape index (κ2) is 5.29. The average molecular weight is 299 g/mol. The van der Waals surface area contributed by atoms with Crippen LogP contribution in [0.2, 0.25) is 5.02 Å². The summed E-state index contributed by atoms with van der Waals surface area (Å²) in [6.45, 7) is 1.35. The monoisotopic (exact) mass is 298 g/mol. The molecule has 0 unspecified atom stereocenters. The van der Waals surface area contributed by atoms with Crippen LogP contribution in [-0.2, 0) is 6.18 Å². The first kappa shape index (κ1) is 14.6. The lowest BCUT2D eigenvalue weighted by molar-refractivity contribution is -0.137. The molecule has 0 bridgehead atoms. The molecule has 1 nitrogen and oxygen atoms in total. The predicted molar refractivity (Wildman–Crippen MR) is 71.9 cm³/mol. The molecule has 2 rings (SSSR count). The molecule has 0 fully saturated rings. The first-order valence-corrected chi connectivity index (χ1v) is 6.15. The van der Waals surface area contributed by atoms with Gasteiger partial charge in [0.1, 0.15) is 0 Å². The van der Waals surface area contributed by atoms with E-state index in [0.29, 0.717) is 11.1 Å². The minimum absolute atomic E-state index is 0.247. The molecule has 0 radical (unpaired) electrons. The molecule has 5 heteroatoms. The van der Waals surface area contributed by atoms with Crippen LogP contribution in [0.15, 0.2) is 42.5 Å². The molecule has 0 amide bonds. The zero-order chi connectivity index (χ0) is 14.9. The van der Waals surface area contributed by atoms with Crippen LogP contribution in [0.1, 0.15) is 22.8 Å². The first-order chi connectivity index (χ1) is 9.30. The van der Waals surface area contributed by atoms with Crippen molar-refractivity contribution in [1.29, 1.82) is 0 Å². The number of benzene rings is 2. The van der Waals surface area contributed by atoms with Crippen LogP contribution in [0, 0.1) is 0 Å². The Morgan fingerprint density at radius 1 is 1.10 bits per heavy atom. The molecule has 0 atom stereocenters. The summed E-state index contributed by atoms with van der Waals surface area (Å²) >= 11 is 6.04. The highest BCUT2D eigenvalue weighted by Gasteiger charge is 2.30. The van der Waals surface area contributed by atoms with E-state index in [1.54, 1.807) is 18.2 Å². The van der Waals surface area contributed by atoms with E-state index in [1.165, 1.54) is 19.1 Å². The van der Waals surface area contributed by atoms with Gasteiger partial charge >= 0.3 is 6.18 Å². The smallest absolute Gasteiger partial charge is 0.294 e. The van der Waals surface area contributed by atoms with Crippen molar-refractivity contribution >= 4 is 17.4 Å². The molecular weight excluding hydrogens is 289 g/mol. The third-order valence-corrected chi connectivity index (χ3v) is 3.19. The minimum Gasteiger partial charge on any atom is -0.294 e. The normalized spacial score (nSPS) is 11.4. The zero-order valence-corrected chi connectivity index (χ0v) is 11.2. The molecule has 2 aromatic carbocycles. The molecule has 20 heavy (non-hydrogen) atoms. The molecule has 0 N–H and O–H groups in total. The molecular formula is C15H10ClF3O. The lowest BCUT2D eigenvalue weighted by Crippen LogP contribution is -2.05. The van der Waals surface area contributed by atoms with Crippen molar-refractivity contribution in [2.45, 2.75) is 13.1 Å². The fourth-order valence-electron chi connectivity index (χ4n) is 1.96. The summed E-state index contributed by atoms with van der Waals surface area (Å²) in [7, 11) is 0. The van der Waals surface area contributed by atoms with Gasteiger partial charge in [0.05, 0.1) is 5.56 Å². The number of rotatable bonds is 2. The number of ketones is 1. The Labute approximate surface area is 119 Å². The number of halogens is 4. The van der Waals surface area contributed by atoms with E-state index >= 15 is 0 Å². The molecule has 0 aliphatic rings. The Morgan fingerprint density at radius 2 is 1.75 bits per heavy atom. The van der Waals surface area contributed by atoms with Gasteiger partial charge in [-0.1, -0.05) is 35.9 Å². The van der Waals surface area contributed by atoms with Gasteiger partial charge in [0.25, 0.3) is 0 Å². The van der Waals surface area contributed by atoms with Crippen LogP contribution in [0.4, 0.5) is 13.2 Å². The summed E-state index contributed by atoms with van der Waals surface area (Å²) < 4.78 is 38.2. The Balaban J connectivity index is 2.66. The van der Waals surface area contributed by atoms with Gasteiger partial charge in [-0.2, -0.15) is 13.2 Å². The van der Waals surface area contributed by atoms with Gasteiger partial charge in [0.2, 0.25) is 0 Å². The van der Waals surface area contributed by atoms with E-state index in [2.05, 4.69) is 0 Å². The van der Waals surface area contributed by atoms with Crippen molar-refractivity contribution in [3.05, 3.63) is 58.6 Å². The summed E-state index contributed by atoms with van der Waals surface area (Å²) in [5.41, 5.74) is 0.129. The number of carbonyl (C=O) groups excluding carboxylic acids is 1. The van der Waals surface area contributed by atoms with Crippen molar-refractivity contribution in [3.8, 4) is 11.1 Å². The fraction of sp³-hybridized carbons (Fsp3) is 0.133. The van der Waals surface area contributed by atoms with Crippen molar-refractivity contribution in [1.82, 2.24) is 0 Å². The number of hydrogen-bond acceptors (Lipinski definition) is 1. The minimum atomic E-state index is -4.44. The third-order valence-electron chi connectivity index (χ3n) is 2.87. The van der Waals surface area contributed by atoms with Crippen LogP contribution in [-0.4, -0.2) is 5.78 Å². The van der Waals surface area contributed by atoms with Crippen LogP contribution in [0.5, 0.6) is 0 Å². The lowest BCUT2D eigenvalue weighted by Gasteiger charge is -2.12. The van der Waals surface area contributed by atoms with E-state index in [9.17, 15) is 18.0 Å². The van der Waals surface area contributed by atoms with Gasteiger partial charge in [-0.3, -0.25) is 4.79 Å². The number of carbonyl (C=O) groups is 1.